The molecule has 4 nitrogen and oxygen atoms in total. The Morgan fingerprint density at radius 3 is 2.54 bits per heavy atom. The monoisotopic (exact) mass is 322 g/mol. The average molecular weight is 322 g/mol. The molecule has 1 aromatic heterocycles. The van der Waals surface area contributed by atoms with E-state index < -0.39 is 0 Å². The molecule has 4 heteroatoms. The lowest BCUT2D eigenvalue weighted by Gasteiger charge is -2.43. The van der Waals surface area contributed by atoms with Crippen molar-refractivity contribution in [2.45, 2.75) is 50.5 Å². The van der Waals surface area contributed by atoms with Gasteiger partial charge in [0.25, 0.3) is 0 Å². The summed E-state index contributed by atoms with van der Waals surface area (Å²) in [5.41, 5.74) is 4.00. The van der Waals surface area contributed by atoms with Gasteiger partial charge < -0.3 is 10.6 Å². The molecule has 2 N–H and O–H groups in total. The first-order valence-corrected chi connectivity index (χ1v) is 9.13. The van der Waals surface area contributed by atoms with E-state index in [0.29, 0.717) is 5.92 Å². The van der Waals surface area contributed by atoms with Crippen LogP contribution in [0.2, 0.25) is 0 Å². The minimum absolute atomic E-state index is 0.0121. The number of rotatable bonds is 4. The Labute approximate surface area is 144 Å². The van der Waals surface area contributed by atoms with Crippen LogP contribution in [0.3, 0.4) is 0 Å². The van der Waals surface area contributed by atoms with Crippen LogP contribution in [0.5, 0.6) is 0 Å². The molecule has 126 valence electrons. The fourth-order valence-corrected chi connectivity index (χ4v) is 3.93. The molecule has 2 heterocycles. The van der Waals surface area contributed by atoms with Gasteiger partial charge in [0.1, 0.15) is 0 Å². The van der Waals surface area contributed by atoms with Gasteiger partial charge in [-0.05, 0) is 74.7 Å². The van der Waals surface area contributed by atoms with Crippen molar-refractivity contribution in [2.75, 3.05) is 18.4 Å². The predicted octanol–water partition coefficient (Wildman–Crippen LogP) is 3.74. The molecule has 24 heavy (non-hydrogen) atoms. The maximum Gasteiger partial charge on any atom is 0.223 e. The number of nitrogens with zero attached hydrogens (tertiary/aromatic N) is 2. The molecule has 1 aromatic carbocycles. The molecule has 0 spiro atoms. The smallest absolute Gasteiger partial charge is 0.223 e. The highest BCUT2D eigenvalue weighted by Gasteiger charge is 2.39. The SMILES string of the molecule is Cc1cnc(NC2(c3cccc(C4CCNCC4)c3)CCC2)nc1. The number of benzene rings is 1. The molecule has 0 atom stereocenters. The molecular weight excluding hydrogens is 296 g/mol. The lowest BCUT2D eigenvalue weighted by Crippen LogP contribution is -2.42. The van der Waals surface area contributed by atoms with Crippen LogP contribution in [0.15, 0.2) is 36.7 Å². The second kappa shape index (κ2) is 6.52. The predicted molar refractivity (Wildman–Crippen MR) is 97.2 cm³/mol. The molecule has 1 aliphatic heterocycles. The van der Waals surface area contributed by atoms with Crippen LogP contribution in [-0.4, -0.2) is 23.1 Å². The van der Waals surface area contributed by atoms with Crippen molar-refractivity contribution in [2.24, 2.45) is 0 Å². The molecule has 0 amide bonds. The summed E-state index contributed by atoms with van der Waals surface area (Å²) in [5, 5.41) is 7.09. The minimum Gasteiger partial charge on any atom is -0.345 e. The van der Waals surface area contributed by atoms with E-state index in [2.05, 4.69) is 44.9 Å². The molecule has 0 unspecified atom stereocenters. The van der Waals surface area contributed by atoms with Crippen molar-refractivity contribution in [3.8, 4) is 0 Å². The maximum atomic E-state index is 4.45. The summed E-state index contributed by atoms with van der Waals surface area (Å²) < 4.78 is 0. The lowest BCUT2D eigenvalue weighted by atomic mass is 9.71. The zero-order valence-electron chi connectivity index (χ0n) is 14.4. The Bertz CT molecular complexity index is 685. The van der Waals surface area contributed by atoms with Crippen molar-refractivity contribution in [1.82, 2.24) is 15.3 Å². The van der Waals surface area contributed by atoms with E-state index >= 15 is 0 Å². The van der Waals surface area contributed by atoms with Crippen LogP contribution < -0.4 is 10.6 Å². The summed E-state index contributed by atoms with van der Waals surface area (Å²) in [6, 6.07) is 9.22. The Morgan fingerprint density at radius 1 is 1.12 bits per heavy atom. The summed E-state index contributed by atoms with van der Waals surface area (Å²) in [4.78, 5) is 8.90. The second-order valence-electron chi connectivity index (χ2n) is 7.29. The van der Waals surface area contributed by atoms with Gasteiger partial charge in [0.05, 0.1) is 5.54 Å². The minimum atomic E-state index is 0.0121. The Balaban J connectivity index is 1.59. The molecule has 2 aliphatic rings. The van der Waals surface area contributed by atoms with Crippen LogP contribution in [0.1, 0.15) is 54.7 Å². The number of aromatic nitrogens is 2. The number of anilines is 1. The molecule has 2 aromatic rings. The molecular formula is C20H26N4. The quantitative estimate of drug-likeness (QED) is 0.900. The topological polar surface area (TPSA) is 49.8 Å². The third kappa shape index (κ3) is 3.03. The van der Waals surface area contributed by atoms with E-state index in [4.69, 9.17) is 0 Å². The molecule has 2 fully saturated rings. The number of piperidine rings is 1. The largest absolute Gasteiger partial charge is 0.345 e. The van der Waals surface area contributed by atoms with Crippen molar-refractivity contribution in [1.29, 1.82) is 0 Å². The van der Waals surface area contributed by atoms with Gasteiger partial charge in [-0.3, -0.25) is 0 Å². The molecule has 0 bridgehead atoms. The number of hydrogen-bond donors (Lipinski definition) is 2. The summed E-state index contributed by atoms with van der Waals surface area (Å²) in [6.45, 7) is 4.29. The Hall–Kier alpha value is -1.94. The van der Waals surface area contributed by atoms with Crippen LogP contribution in [0.4, 0.5) is 5.95 Å². The van der Waals surface area contributed by atoms with E-state index in [1.807, 2.05) is 19.3 Å². The summed E-state index contributed by atoms with van der Waals surface area (Å²) >= 11 is 0. The average Bonchev–Trinajstić information content (AvgIpc) is 2.61. The van der Waals surface area contributed by atoms with E-state index in [0.717, 1.165) is 37.4 Å². The zero-order chi connectivity index (χ0) is 16.4. The molecule has 0 radical (unpaired) electrons. The van der Waals surface area contributed by atoms with Crippen LogP contribution in [0.25, 0.3) is 0 Å². The first-order chi connectivity index (χ1) is 11.8. The van der Waals surface area contributed by atoms with E-state index in [-0.39, 0.29) is 5.54 Å². The first kappa shape index (κ1) is 15.6. The fraction of sp³-hybridized carbons (Fsp3) is 0.500. The first-order valence-electron chi connectivity index (χ1n) is 9.13. The maximum absolute atomic E-state index is 4.45. The highest BCUT2D eigenvalue weighted by Crippen LogP contribution is 2.44. The van der Waals surface area contributed by atoms with Crippen molar-refractivity contribution < 1.29 is 0 Å². The zero-order valence-corrected chi connectivity index (χ0v) is 14.4. The van der Waals surface area contributed by atoms with Crippen LogP contribution in [0, 0.1) is 6.92 Å². The van der Waals surface area contributed by atoms with Gasteiger partial charge >= 0.3 is 0 Å². The van der Waals surface area contributed by atoms with Gasteiger partial charge in [-0.2, -0.15) is 0 Å². The van der Waals surface area contributed by atoms with Gasteiger partial charge in [0.15, 0.2) is 0 Å². The van der Waals surface area contributed by atoms with Crippen molar-refractivity contribution >= 4 is 5.95 Å². The third-order valence-corrected chi connectivity index (χ3v) is 5.59. The number of nitrogens with one attached hydrogen (secondary N) is 2. The number of hydrogen-bond acceptors (Lipinski definition) is 4. The highest BCUT2D eigenvalue weighted by molar-refractivity contribution is 5.41. The van der Waals surface area contributed by atoms with Gasteiger partial charge in [-0.15, -0.1) is 0 Å². The van der Waals surface area contributed by atoms with Crippen LogP contribution >= 0.6 is 0 Å². The molecule has 4 rings (SSSR count). The Morgan fingerprint density at radius 2 is 1.88 bits per heavy atom. The Kier molecular flexibility index (Phi) is 4.23. The summed E-state index contributed by atoms with van der Waals surface area (Å²) in [5.74, 6) is 1.44. The van der Waals surface area contributed by atoms with E-state index in [1.165, 1.54) is 30.4 Å². The number of aryl methyl sites for hydroxylation is 1. The van der Waals surface area contributed by atoms with Gasteiger partial charge in [0.2, 0.25) is 5.95 Å². The highest BCUT2D eigenvalue weighted by atomic mass is 15.1. The summed E-state index contributed by atoms with van der Waals surface area (Å²) in [6.07, 6.45) is 9.81. The van der Waals surface area contributed by atoms with E-state index in [1.54, 1.807) is 0 Å². The van der Waals surface area contributed by atoms with Crippen LogP contribution in [-0.2, 0) is 5.54 Å². The van der Waals surface area contributed by atoms with Crippen molar-refractivity contribution in [3.05, 3.63) is 53.3 Å². The normalized spacial score (nSPS) is 20.4. The summed E-state index contributed by atoms with van der Waals surface area (Å²) in [7, 11) is 0. The third-order valence-electron chi connectivity index (χ3n) is 5.59. The standard InChI is InChI=1S/C20H26N4/c1-15-13-22-19(23-14-15)24-20(8-3-9-20)18-5-2-4-17(12-18)16-6-10-21-11-7-16/h2,4-5,12-14,16,21H,3,6-11H2,1H3,(H,22,23,24). The van der Waals surface area contributed by atoms with Gasteiger partial charge in [0, 0.05) is 12.4 Å². The van der Waals surface area contributed by atoms with Gasteiger partial charge in [-0.1, -0.05) is 24.3 Å². The fourth-order valence-electron chi connectivity index (χ4n) is 3.93. The second-order valence-corrected chi connectivity index (χ2v) is 7.29. The lowest BCUT2D eigenvalue weighted by molar-refractivity contribution is 0.282. The van der Waals surface area contributed by atoms with E-state index in [9.17, 15) is 0 Å². The van der Waals surface area contributed by atoms with Crippen molar-refractivity contribution in [3.63, 3.8) is 0 Å². The van der Waals surface area contributed by atoms with Gasteiger partial charge in [-0.25, -0.2) is 9.97 Å². The molecule has 1 saturated heterocycles. The molecule has 1 aliphatic carbocycles. The molecule has 1 saturated carbocycles.